The minimum atomic E-state index is -0.822. The lowest BCUT2D eigenvalue weighted by atomic mass is 9.81. The fourth-order valence-electron chi connectivity index (χ4n) is 5.02. The van der Waals surface area contributed by atoms with Crippen LogP contribution in [0.1, 0.15) is 117 Å². The summed E-state index contributed by atoms with van der Waals surface area (Å²) < 4.78 is 11.2. The molecular formula is C29H48O6. The molecule has 0 radical (unpaired) electrons. The number of unbranched alkanes of at least 4 members (excludes halogenated alkanes) is 5. The highest BCUT2D eigenvalue weighted by Gasteiger charge is 2.31. The molecule has 1 saturated carbocycles. The van der Waals surface area contributed by atoms with Crippen LogP contribution in [0, 0.1) is 11.8 Å². The second-order valence-corrected chi connectivity index (χ2v) is 9.87. The molecule has 200 valence electrons. The maximum Gasteiger partial charge on any atom is 0.303 e. The number of aliphatic carboxylic acids is 1. The molecule has 35 heavy (non-hydrogen) atoms. The lowest BCUT2D eigenvalue weighted by Gasteiger charge is -2.30. The van der Waals surface area contributed by atoms with Crippen LogP contribution in [0.5, 0.6) is 0 Å². The van der Waals surface area contributed by atoms with Crippen molar-refractivity contribution in [3.8, 4) is 0 Å². The van der Waals surface area contributed by atoms with Crippen molar-refractivity contribution < 1.29 is 29.0 Å². The Morgan fingerprint density at radius 3 is 2.23 bits per heavy atom. The maximum absolute atomic E-state index is 11.8. The van der Waals surface area contributed by atoms with E-state index >= 15 is 0 Å². The van der Waals surface area contributed by atoms with Gasteiger partial charge in [-0.3, -0.25) is 14.4 Å². The first-order valence-electron chi connectivity index (χ1n) is 13.7. The molecule has 0 heterocycles. The smallest absolute Gasteiger partial charge is 0.303 e. The van der Waals surface area contributed by atoms with E-state index in [2.05, 4.69) is 13.0 Å². The van der Waals surface area contributed by atoms with Crippen LogP contribution < -0.4 is 0 Å². The number of hydrogen-bond acceptors (Lipinski definition) is 5. The van der Waals surface area contributed by atoms with E-state index in [9.17, 15) is 14.4 Å². The molecule has 0 aromatic rings. The molecule has 6 nitrogen and oxygen atoms in total. The van der Waals surface area contributed by atoms with Crippen LogP contribution in [0.25, 0.3) is 0 Å². The topological polar surface area (TPSA) is 89.9 Å². The number of carboxylic acid groups (broad SMARTS) is 1. The molecule has 4 unspecified atom stereocenters. The van der Waals surface area contributed by atoms with Crippen molar-refractivity contribution in [1.82, 2.24) is 0 Å². The highest BCUT2D eigenvalue weighted by molar-refractivity contribution is 5.67. The van der Waals surface area contributed by atoms with E-state index in [-0.39, 0.29) is 42.4 Å². The van der Waals surface area contributed by atoms with E-state index in [4.69, 9.17) is 14.6 Å². The summed E-state index contributed by atoms with van der Waals surface area (Å²) >= 11 is 0. The Bertz CT molecular complexity index is 668. The van der Waals surface area contributed by atoms with Gasteiger partial charge in [-0.15, -0.1) is 0 Å². The van der Waals surface area contributed by atoms with Gasteiger partial charge in [-0.25, -0.2) is 0 Å². The minimum absolute atomic E-state index is 0.0872. The average molecular weight is 493 g/mol. The molecule has 6 heteroatoms. The zero-order chi connectivity index (χ0) is 25.9. The van der Waals surface area contributed by atoms with Crippen molar-refractivity contribution in [2.24, 2.45) is 11.8 Å². The molecular weight excluding hydrogens is 444 g/mol. The highest BCUT2D eigenvalue weighted by Crippen LogP contribution is 2.35. The van der Waals surface area contributed by atoms with Crippen LogP contribution in [-0.2, 0) is 23.9 Å². The molecule has 1 aliphatic rings. The van der Waals surface area contributed by atoms with E-state index < -0.39 is 5.97 Å². The highest BCUT2D eigenvalue weighted by atomic mass is 16.5. The summed E-state index contributed by atoms with van der Waals surface area (Å²) in [5.74, 6) is -0.938. The maximum atomic E-state index is 11.8. The largest absolute Gasteiger partial charge is 0.481 e. The Kier molecular flexibility index (Phi) is 16.9. The first-order valence-corrected chi connectivity index (χ1v) is 13.7. The summed E-state index contributed by atoms with van der Waals surface area (Å²) in [6.45, 7) is 5.09. The quantitative estimate of drug-likeness (QED) is 0.100. The summed E-state index contributed by atoms with van der Waals surface area (Å²) in [5.41, 5.74) is 0. The fraction of sp³-hybridized carbons (Fsp3) is 0.759. The van der Waals surface area contributed by atoms with Crippen molar-refractivity contribution in [2.45, 2.75) is 129 Å². The lowest BCUT2D eigenvalue weighted by molar-refractivity contribution is -0.150. The second kappa shape index (κ2) is 19.1. The second-order valence-electron chi connectivity index (χ2n) is 9.87. The van der Waals surface area contributed by atoms with Gasteiger partial charge in [0.2, 0.25) is 0 Å². The summed E-state index contributed by atoms with van der Waals surface area (Å²) in [6.07, 6.45) is 22.3. The number of allylic oxidation sites excluding steroid dienone is 3. The number of hydrogen-bond donors (Lipinski definition) is 1. The van der Waals surface area contributed by atoms with Crippen molar-refractivity contribution in [3.05, 3.63) is 24.3 Å². The summed E-state index contributed by atoms with van der Waals surface area (Å²) in [6, 6.07) is 0. The molecule has 1 rings (SSSR count). The first kappa shape index (κ1) is 30.9. The van der Waals surface area contributed by atoms with E-state index in [0.29, 0.717) is 12.8 Å². The van der Waals surface area contributed by atoms with Crippen LogP contribution in [-0.4, -0.2) is 35.2 Å². The zero-order valence-corrected chi connectivity index (χ0v) is 22.2. The van der Waals surface area contributed by atoms with Gasteiger partial charge in [0.15, 0.2) is 0 Å². The molecule has 0 spiro atoms. The summed E-state index contributed by atoms with van der Waals surface area (Å²) in [5, 5.41) is 9.00. The van der Waals surface area contributed by atoms with Crippen molar-refractivity contribution in [2.75, 3.05) is 0 Å². The Labute approximate surface area is 212 Å². The molecule has 0 saturated heterocycles. The molecule has 1 N–H and O–H groups in total. The standard InChI is InChI=1S/C29H48O6/c1-4-5-6-7-8-11-18-26(34-23(2)30)19-14-13-17-25-16-10-9-12-20-27(25)28(35-24(3)31)21-15-22-29(32)33/h13-14,17,19,25-28H,4-12,15-16,18,20-22H2,1-3H3,(H,32,33). The van der Waals surface area contributed by atoms with E-state index in [1.807, 2.05) is 18.2 Å². The van der Waals surface area contributed by atoms with Crippen LogP contribution in [0.15, 0.2) is 24.3 Å². The average Bonchev–Trinajstić information content (AvgIpc) is 3.02. The third kappa shape index (κ3) is 15.5. The number of carbonyl (C=O) groups is 3. The van der Waals surface area contributed by atoms with E-state index in [1.54, 1.807) is 0 Å². The summed E-state index contributed by atoms with van der Waals surface area (Å²) in [4.78, 5) is 34.3. The van der Waals surface area contributed by atoms with Crippen LogP contribution in [0.2, 0.25) is 0 Å². The van der Waals surface area contributed by atoms with Crippen molar-refractivity contribution in [1.29, 1.82) is 0 Å². The van der Waals surface area contributed by atoms with Gasteiger partial charge < -0.3 is 14.6 Å². The van der Waals surface area contributed by atoms with Crippen LogP contribution in [0.4, 0.5) is 0 Å². The van der Waals surface area contributed by atoms with Gasteiger partial charge in [-0.1, -0.05) is 76.5 Å². The van der Waals surface area contributed by atoms with E-state index in [0.717, 1.165) is 51.4 Å². The monoisotopic (exact) mass is 492 g/mol. The number of esters is 2. The minimum Gasteiger partial charge on any atom is -0.481 e. The molecule has 1 aliphatic carbocycles. The van der Waals surface area contributed by atoms with Crippen LogP contribution >= 0.6 is 0 Å². The molecule has 0 aromatic carbocycles. The van der Waals surface area contributed by atoms with Gasteiger partial charge in [0.05, 0.1) is 0 Å². The molecule has 0 aliphatic heterocycles. The van der Waals surface area contributed by atoms with Crippen molar-refractivity contribution in [3.63, 3.8) is 0 Å². The lowest BCUT2D eigenvalue weighted by Crippen LogP contribution is -2.31. The number of carboxylic acids is 1. The predicted octanol–water partition coefficient (Wildman–Crippen LogP) is 7.16. The molecule has 4 atom stereocenters. The van der Waals surface area contributed by atoms with Gasteiger partial charge in [0.1, 0.15) is 12.2 Å². The van der Waals surface area contributed by atoms with Gasteiger partial charge in [-0.2, -0.15) is 0 Å². The first-order chi connectivity index (χ1) is 16.8. The van der Waals surface area contributed by atoms with Crippen molar-refractivity contribution >= 4 is 17.9 Å². The Balaban J connectivity index is 2.76. The Hall–Kier alpha value is -2.11. The molecule has 0 aromatic heterocycles. The van der Waals surface area contributed by atoms with Gasteiger partial charge >= 0.3 is 17.9 Å². The number of rotatable bonds is 17. The number of ether oxygens (including phenoxy) is 2. The number of carbonyl (C=O) groups excluding carboxylic acids is 2. The third-order valence-corrected chi connectivity index (χ3v) is 6.75. The summed E-state index contributed by atoms with van der Waals surface area (Å²) in [7, 11) is 0. The van der Waals surface area contributed by atoms with Crippen LogP contribution in [0.3, 0.4) is 0 Å². The molecule has 1 fully saturated rings. The Morgan fingerprint density at radius 1 is 0.857 bits per heavy atom. The van der Waals surface area contributed by atoms with Gasteiger partial charge in [0.25, 0.3) is 0 Å². The normalized spacial score (nSPS) is 20.4. The Morgan fingerprint density at radius 2 is 1.54 bits per heavy atom. The zero-order valence-electron chi connectivity index (χ0n) is 22.2. The fourth-order valence-corrected chi connectivity index (χ4v) is 5.02. The molecule has 0 bridgehead atoms. The van der Waals surface area contributed by atoms with E-state index in [1.165, 1.54) is 39.5 Å². The third-order valence-electron chi connectivity index (χ3n) is 6.75. The molecule has 0 amide bonds. The predicted molar refractivity (Wildman–Crippen MR) is 139 cm³/mol. The van der Waals surface area contributed by atoms with Gasteiger partial charge in [-0.05, 0) is 50.5 Å². The van der Waals surface area contributed by atoms with Gasteiger partial charge in [0, 0.05) is 26.2 Å². The SMILES string of the molecule is CCCCCCCCC(C=CC=CC1CCCCCC1C(CCCC(=O)O)OC(C)=O)OC(C)=O.